The fourth-order valence-electron chi connectivity index (χ4n) is 1.000. The molecule has 2 N–H and O–H groups in total. The zero-order chi connectivity index (χ0) is 9.97. The van der Waals surface area contributed by atoms with Gasteiger partial charge in [0.15, 0.2) is 11.0 Å². The molecule has 0 saturated heterocycles. The van der Waals surface area contributed by atoms with Gasteiger partial charge in [-0.3, -0.25) is 4.98 Å². The molecule has 2 heterocycles. The summed E-state index contributed by atoms with van der Waals surface area (Å²) >= 11 is 1.15. The van der Waals surface area contributed by atoms with E-state index in [1.165, 1.54) is 0 Å². The molecule has 14 heavy (non-hydrogen) atoms. The average Bonchev–Trinajstić information content (AvgIpc) is 2.65. The van der Waals surface area contributed by atoms with Crippen LogP contribution in [0.25, 0.3) is 11.5 Å². The standard InChI is InChI=1S/C8H8N4OS/c1-13-5-2-3-10-6(4-5)7-11-8(9)14-12-7/h2-4H,1H3,(H2,9,11,12). The molecule has 72 valence electrons. The van der Waals surface area contributed by atoms with Crippen LogP contribution < -0.4 is 10.5 Å². The van der Waals surface area contributed by atoms with E-state index in [1.807, 2.05) is 0 Å². The van der Waals surface area contributed by atoms with Crippen molar-refractivity contribution in [1.82, 2.24) is 14.3 Å². The lowest BCUT2D eigenvalue weighted by Gasteiger charge is -1.99. The number of hydrogen-bond donors (Lipinski definition) is 1. The lowest BCUT2D eigenvalue weighted by Crippen LogP contribution is -1.89. The van der Waals surface area contributed by atoms with Crippen LogP contribution in [0.2, 0.25) is 0 Å². The highest BCUT2D eigenvalue weighted by atomic mass is 32.1. The van der Waals surface area contributed by atoms with Crippen LogP contribution >= 0.6 is 11.5 Å². The molecule has 2 aromatic rings. The molecule has 0 atom stereocenters. The largest absolute Gasteiger partial charge is 0.497 e. The number of aromatic nitrogens is 3. The first-order valence-corrected chi connectivity index (χ1v) is 4.66. The highest BCUT2D eigenvalue weighted by Crippen LogP contribution is 2.20. The lowest BCUT2D eigenvalue weighted by molar-refractivity contribution is 0.414. The maximum atomic E-state index is 5.47. The maximum absolute atomic E-state index is 5.47. The maximum Gasteiger partial charge on any atom is 0.200 e. The monoisotopic (exact) mass is 208 g/mol. The summed E-state index contributed by atoms with van der Waals surface area (Å²) in [6, 6.07) is 3.53. The van der Waals surface area contributed by atoms with E-state index in [0.29, 0.717) is 16.6 Å². The summed E-state index contributed by atoms with van der Waals surface area (Å²) < 4.78 is 9.11. The normalized spacial score (nSPS) is 10.1. The number of nitrogen functional groups attached to an aromatic ring is 1. The van der Waals surface area contributed by atoms with E-state index in [-0.39, 0.29) is 0 Å². The molecule has 0 aromatic carbocycles. The molecule has 2 rings (SSSR count). The summed E-state index contributed by atoms with van der Waals surface area (Å²) in [4.78, 5) is 8.14. The molecule has 2 aromatic heterocycles. The number of pyridine rings is 1. The van der Waals surface area contributed by atoms with Gasteiger partial charge in [0.05, 0.1) is 7.11 Å². The van der Waals surface area contributed by atoms with Crippen LogP contribution in [0.5, 0.6) is 5.75 Å². The van der Waals surface area contributed by atoms with Gasteiger partial charge in [0.25, 0.3) is 0 Å². The van der Waals surface area contributed by atoms with Crippen LogP contribution in [0.1, 0.15) is 0 Å². The van der Waals surface area contributed by atoms with Crippen LogP contribution in [0.3, 0.4) is 0 Å². The highest BCUT2D eigenvalue weighted by molar-refractivity contribution is 7.09. The van der Waals surface area contributed by atoms with Gasteiger partial charge in [-0.2, -0.15) is 9.36 Å². The van der Waals surface area contributed by atoms with Crippen LogP contribution in [0.15, 0.2) is 18.3 Å². The van der Waals surface area contributed by atoms with Crippen molar-refractivity contribution in [2.24, 2.45) is 0 Å². The molecule has 0 spiro atoms. The fourth-order valence-corrected chi connectivity index (χ4v) is 1.44. The third-order valence-corrected chi connectivity index (χ3v) is 2.18. The minimum Gasteiger partial charge on any atom is -0.497 e. The summed E-state index contributed by atoms with van der Waals surface area (Å²) in [6.07, 6.45) is 1.64. The molecule has 0 amide bonds. The average molecular weight is 208 g/mol. The number of rotatable bonds is 2. The van der Waals surface area contributed by atoms with E-state index in [1.54, 1.807) is 25.4 Å². The molecule has 0 bridgehead atoms. The van der Waals surface area contributed by atoms with Crippen molar-refractivity contribution in [1.29, 1.82) is 0 Å². The zero-order valence-corrected chi connectivity index (χ0v) is 8.28. The smallest absolute Gasteiger partial charge is 0.200 e. The Balaban J connectivity index is 2.41. The van der Waals surface area contributed by atoms with Gasteiger partial charge in [-0.15, -0.1) is 0 Å². The Morgan fingerprint density at radius 1 is 1.50 bits per heavy atom. The Kier molecular flexibility index (Phi) is 2.28. The second-order valence-corrected chi connectivity index (χ2v) is 3.32. The lowest BCUT2D eigenvalue weighted by atomic mass is 10.3. The number of nitrogens with zero attached hydrogens (tertiary/aromatic N) is 3. The molecule has 0 radical (unpaired) electrons. The first-order valence-electron chi connectivity index (χ1n) is 3.89. The first kappa shape index (κ1) is 8.89. The van der Waals surface area contributed by atoms with Gasteiger partial charge in [0, 0.05) is 23.8 Å². The van der Waals surface area contributed by atoms with E-state index in [2.05, 4.69) is 14.3 Å². The van der Waals surface area contributed by atoms with Gasteiger partial charge in [-0.1, -0.05) is 0 Å². The van der Waals surface area contributed by atoms with Crippen LogP contribution in [0.4, 0.5) is 5.13 Å². The van der Waals surface area contributed by atoms with Crippen molar-refractivity contribution in [2.45, 2.75) is 0 Å². The van der Waals surface area contributed by atoms with Crippen LogP contribution in [-0.2, 0) is 0 Å². The molecular formula is C8H8N4OS. The predicted octanol–water partition coefficient (Wildman–Crippen LogP) is 1.19. The van der Waals surface area contributed by atoms with Crippen molar-refractivity contribution in [2.75, 3.05) is 12.8 Å². The summed E-state index contributed by atoms with van der Waals surface area (Å²) in [5.41, 5.74) is 6.14. The van der Waals surface area contributed by atoms with Crippen LogP contribution in [-0.4, -0.2) is 21.5 Å². The molecule has 0 fully saturated rings. The SMILES string of the molecule is COc1ccnc(-c2nsc(N)n2)c1. The second-order valence-electron chi connectivity index (χ2n) is 2.54. The van der Waals surface area contributed by atoms with Crippen molar-refractivity contribution >= 4 is 16.7 Å². The number of ether oxygens (including phenoxy) is 1. The minimum atomic E-state index is 0.435. The van der Waals surface area contributed by atoms with Crippen molar-refractivity contribution in [3.05, 3.63) is 18.3 Å². The van der Waals surface area contributed by atoms with E-state index in [9.17, 15) is 0 Å². The van der Waals surface area contributed by atoms with Crippen LogP contribution in [0, 0.1) is 0 Å². The van der Waals surface area contributed by atoms with Gasteiger partial charge in [0.2, 0.25) is 0 Å². The van der Waals surface area contributed by atoms with Crippen molar-refractivity contribution in [3.63, 3.8) is 0 Å². The van der Waals surface area contributed by atoms with Crippen molar-refractivity contribution in [3.8, 4) is 17.3 Å². The Morgan fingerprint density at radius 2 is 2.36 bits per heavy atom. The Bertz CT molecular complexity index is 442. The quantitative estimate of drug-likeness (QED) is 0.802. The van der Waals surface area contributed by atoms with Gasteiger partial charge < -0.3 is 10.5 Å². The number of anilines is 1. The van der Waals surface area contributed by atoms with Crippen molar-refractivity contribution < 1.29 is 4.74 Å². The molecule has 0 saturated carbocycles. The summed E-state index contributed by atoms with van der Waals surface area (Å²) in [6.45, 7) is 0. The zero-order valence-electron chi connectivity index (χ0n) is 7.47. The molecule has 0 aliphatic rings. The number of methoxy groups -OCH3 is 1. The Labute approximate surface area is 84.7 Å². The van der Waals surface area contributed by atoms with Gasteiger partial charge in [0.1, 0.15) is 11.4 Å². The summed E-state index contributed by atoms with van der Waals surface area (Å²) in [5, 5.41) is 0.435. The molecule has 0 aliphatic carbocycles. The third kappa shape index (κ3) is 1.64. The van der Waals surface area contributed by atoms with E-state index in [0.717, 1.165) is 17.3 Å². The molecule has 0 unspecified atom stereocenters. The third-order valence-electron chi connectivity index (χ3n) is 1.64. The molecule has 0 aliphatic heterocycles. The molecule has 6 heteroatoms. The van der Waals surface area contributed by atoms with Gasteiger partial charge in [-0.25, -0.2) is 0 Å². The second kappa shape index (κ2) is 3.59. The highest BCUT2D eigenvalue weighted by Gasteiger charge is 2.06. The first-order chi connectivity index (χ1) is 6.79. The summed E-state index contributed by atoms with van der Waals surface area (Å²) in [7, 11) is 1.60. The molecular weight excluding hydrogens is 200 g/mol. The molecule has 5 nitrogen and oxygen atoms in total. The summed E-state index contributed by atoms with van der Waals surface area (Å²) in [5.74, 6) is 1.26. The minimum absolute atomic E-state index is 0.435. The number of hydrogen-bond acceptors (Lipinski definition) is 6. The van der Waals surface area contributed by atoms with E-state index >= 15 is 0 Å². The van der Waals surface area contributed by atoms with Gasteiger partial charge in [-0.05, 0) is 6.07 Å². The Morgan fingerprint density at radius 3 is 3.00 bits per heavy atom. The number of nitrogens with two attached hydrogens (primary N) is 1. The van der Waals surface area contributed by atoms with E-state index in [4.69, 9.17) is 10.5 Å². The predicted molar refractivity (Wildman–Crippen MR) is 54.1 cm³/mol. The van der Waals surface area contributed by atoms with Gasteiger partial charge >= 0.3 is 0 Å². The topological polar surface area (TPSA) is 73.9 Å². The fraction of sp³-hybridized carbons (Fsp3) is 0.125. The Hall–Kier alpha value is -1.69. The van der Waals surface area contributed by atoms with E-state index < -0.39 is 0 Å².